The van der Waals surface area contributed by atoms with Crippen LogP contribution in [0.2, 0.25) is 0 Å². The van der Waals surface area contributed by atoms with Crippen LogP contribution in [0.15, 0.2) is 0 Å². The van der Waals surface area contributed by atoms with Crippen molar-refractivity contribution in [3.05, 3.63) is 0 Å². The molecule has 0 aromatic heterocycles. The van der Waals surface area contributed by atoms with Crippen LogP contribution in [0.1, 0.15) is 110 Å². The van der Waals surface area contributed by atoms with E-state index in [1.165, 1.54) is 32.1 Å². The van der Waals surface area contributed by atoms with Crippen LogP contribution in [0.5, 0.6) is 0 Å². The molecule has 0 aliphatic carbocycles. The second kappa shape index (κ2) is 19.7. The number of hydrogen-bond acceptors (Lipinski definition) is 6. The number of rotatable bonds is 21. The lowest BCUT2D eigenvalue weighted by Gasteiger charge is -2.18. The van der Waals surface area contributed by atoms with Crippen LogP contribution in [-0.2, 0) is 28.2 Å². The van der Waals surface area contributed by atoms with Gasteiger partial charge in [-0.15, -0.1) is 0 Å². The topological polar surface area (TPSA) is 119 Å². The zero-order valence-corrected chi connectivity index (χ0v) is 20.3. The predicted molar refractivity (Wildman–Crippen MR) is 119 cm³/mol. The maximum absolute atomic E-state index is 12.0. The number of carbonyl (C=O) groups is 2. The van der Waals surface area contributed by atoms with Crippen LogP contribution < -0.4 is 0 Å². The van der Waals surface area contributed by atoms with Gasteiger partial charge in [0.15, 0.2) is 6.10 Å². The molecule has 0 aromatic carbocycles. The Balaban J connectivity index is 4.18. The molecular formula is C22H43O8P. The van der Waals surface area contributed by atoms with Crippen molar-refractivity contribution in [2.24, 2.45) is 0 Å². The third-order valence-corrected chi connectivity index (χ3v) is 5.36. The average molecular weight is 467 g/mol. The minimum atomic E-state index is -4.71. The van der Waals surface area contributed by atoms with Gasteiger partial charge in [0.25, 0.3) is 0 Å². The molecule has 0 saturated heterocycles. The van der Waals surface area contributed by atoms with Crippen molar-refractivity contribution in [2.75, 3.05) is 13.2 Å². The molecule has 0 aliphatic heterocycles. The van der Waals surface area contributed by atoms with E-state index < -0.39 is 32.5 Å². The summed E-state index contributed by atoms with van der Waals surface area (Å²) in [5, 5.41) is 0. The Kier molecular flexibility index (Phi) is 19.1. The summed E-state index contributed by atoms with van der Waals surface area (Å²) in [6.45, 7) is 3.49. The molecule has 0 radical (unpaired) electrons. The van der Waals surface area contributed by atoms with Crippen LogP contribution in [0.4, 0.5) is 0 Å². The summed E-state index contributed by atoms with van der Waals surface area (Å²) in [7, 11) is -4.71. The average Bonchev–Trinajstić information content (AvgIpc) is 2.71. The molecule has 0 rings (SSSR count). The normalized spacial score (nSPS) is 12.5. The van der Waals surface area contributed by atoms with Crippen LogP contribution in [0.3, 0.4) is 0 Å². The summed E-state index contributed by atoms with van der Waals surface area (Å²) in [5.74, 6) is -0.903. The van der Waals surface area contributed by atoms with Crippen LogP contribution >= 0.6 is 7.82 Å². The molecule has 31 heavy (non-hydrogen) atoms. The minimum Gasteiger partial charge on any atom is -0.462 e. The summed E-state index contributed by atoms with van der Waals surface area (Å²) < 4.78 is 25.7. The molecule has 8 nitrogen and oxygen atoms in total. The van der Waals surface area contributed by atoms with Gasteiger partial charge in [-0.3, -0.25) is 14.1 Å². The third-order valence-electron chi connectivity index (χ3n) is 4.88. The molecular weight excluding hydrogens is 423 g/mol. The molecule has 0 fully saturated rings. The Bertz CT molecular complexity index is 506. The van der Waals surface area contributed by atoms with Gasteiger partial charge < -0.3 is 19.3 Å². The van der Waals surface area contributed by atoms with E-state index in [9.17, 15) is 14.2 Å². The SMILES string of the molecule is CCCCCCCCCC(=O)OC[C@@H](COP(=O)(O)O)OC(=O)CCCCCCCC. The Morgan fingerprint density at radius 3 is 1.65 bits per heavy atom. The Hall–Kier alpha value is -0.950. The van der Waals surface area contributed by atoms with E-state index in [2.05, 4.69) is 18.4 Å². The summed E-state index contributed by atoms with van der Waals surface area (Å²) in [4.78, 5) is 41.7. The molecule has 9 heteroatoms. The van der Waals surface area contributed by atoms with Gasteiger partial charge in [0, 0.05) is 12.8 Å². The molecule has 0 unspecified atom stereocenters. The van der Waals surface area contributed by atoms with E-state index in [1.807, 2.05) is 0 Å². The van der Waals surface area contributed by atoms with Gasteiger partial charge >= 0.3 is 19.8 Å². The summed E-state index contributed by atoms with van der Waals surface area (Å²) in [5.41, 5.74) is 0. The largest absolute Gasteiger partial charge is 0.469 e. The molecule has 0 spiro atoms. The first-order chi connectivity index (χ1) is 14.8. The maximum Gasteiger partial charge on any atom is 0.469 e. The Labute approximate surface area is 187 Å². The van der Waals surface area contributed by atoms with E-state index >= 15 is 0 Å². The van der Waals surface area contributed by atoms with Gasteiger partial charge in [-0.1, -0.05) is 84.5 Å². The maximum atomic E-state index is 12.0. The highest BCUT2D eigenvalue weighted by atomic mass is 31.2. The summed E-state index contributed by atoms with van der Waals surface area (Å²) in [6.07, 6.45) is 13.2. The van der Waals surface area contributed by atoms with Crippen molar-refractivity contribution >= 4 is 19.8 Å². The second-order valence-corrected chi connectivity index (χ2v) is 9.21. The van der Waals surface area contributed by atoms with Crippen LogP contribution in [-0.4, -0.2) is 41.0 Å². The molecule has 184 valence electrons. The lowest BCUT2D eigenvalue weighted by molar-refractivity contribution is -0.161. The smallest absolute Gasteiger partial charge is 0.462 e. The van der Waals surface area contributed by atoms with Gasteiger partial charge in [0.2, 0.25) is 0 Å². The molecule has 0 aromatic rings. The third kappa shape index (κ3) is 22.0. The number of phosphoric ester groups is 1. The van der Waals surface area contributed by atoms with Crippen molar-refractivity contribution in [1.82, 2.24) is 0 Å². The number of phosphoric acid groups is 1. The Morgan fingerprint density at radius 2 is 1.16 bits per heavy atom. The van der Waals surface area contributed by atoms with Gasteiger partial charge in [0.1, 0.15) is 6.61 Å². The number of unbranched alkanes of at least 4 members (excludes halogenated alkanes) is 11. The van der Waals surface area contributed by atoms with Crippen molar-refractivity contribution in [2.45, 2.75) is 116 Å². The van der Waals surface area contributed by atoms with Gasteiger partial charge in [-0.05, 0) is 12.8 Å². The lowest BCUT2D eigenvalue weighted by atomic mass is 10.1. The summed E-state index contributed by atoms with van der Waals surface area (Å²) in [6, 6.07) is 0. The molecule has 0 amide bonds. The number of hydrogen-bond donors (Lipinski definition) is 2. The first-order valence-corrected chi connectivity index (χ1v) is 13.4. The van der Waals surface area contributed by atoms with E-state index in [0.29, 0.717) is 6.42 Å². The molecule has 0 heterocycles. The standard InChI is InChI=1S/C22H43O8P/c1-3-5-7-9-11-13-14-16-21(23)28-18-20(19-29-31(25,26)27)30-22(24)17-15-12-10-8-6-4-2/h20H,3-19H2,1-2H3,(H2,25,26,27)/t20-/m0/s1. The quantitative estimate of drug-likeness (QED) is 0.130. The van der Waals surface area contributed by atoms with E-state index in [4.69, 9.17) is 19.3 Å². The molecule has 0 saturated carbocycles. The van der Waals surface area contributed by atoms with E-state index in [1.54, 1.807) is 0 Å². The fourth-order valence-electron chi connectivity index (χ4n) is 3.08. The first kappa shape index (κ1) is 30.0. The number of ether oxygens (including phenoxy) is 2. The highest BCUT2D eigenvalue weighted by molar-refractivity contribution is 7.46. The van der Waals surface area contributed by atoms with Crippen molar-refractivity contribution < 1.29 is 37.9 Å². The fraction of sp³-hybridized carbons (Fsp3) is 0.909. The van der Waals surface area contributed by atoms with Gasteiger partial charge in [-0.25, -0.2) is 4.57 Å². The van der Waals surface area contributed by atoms with Crippen molar-refractivity contribution in [3.63, 3.8) is 0 Å². The monoisotopic (exact) mass is 466 g/mol. The molecule has 2 N–H and O–H groups in total. The minimum absolute atomic E-state index is 0.213. The van der Waals surface area contributed by atoms with E-state index in [0.717, 1.165) is 44.9 Å². The van der Waals surface area contributed by atoms with Crippen LogP contribution in [0.25, 0.3) is 0 Å². The number of esters is 2. The highest BCUT2D eigenvalue weighted by Crippen LogP contribution is 2.35. The lowest BCUT2D eigenvalue weighted by Crippen LogP contribution is -2.29. The zero-order chi connectivity index (χ0) is 23.4. The second-order valence-electron chi connectivity index (χ2n) is 7.97. The van der Waals surface area contributed by atoms with E-state index in [-0.39, 0.29) is 19.4 Å². The Morgan fingerprint density at radius 1 is 0.710 bits per heavy atom. The molecule has 0 aliphatic rings. The van der Waals surface area contributed by atoms with Crippen molar-refractivity contribution in [3.8, 4) is 0 Å². The first-order valence-electron chi connectivity index (χ1n) is 11.8. The van der Waals surface area contributed by atoms with Crippen molar-refractivity contribution in [1.29, 1.82) is 0 Å². The molecule has 0 bridgehead atoms. The van der Waals surface area contributed by atoms with Gasteiger partial charge in [-0.2, -0.15) is 0 Å². The highest BCUT2D eigenvalue weighted by Gasteiger charge is 2.22. The van der Waals surface area contributed by atoms with Gasteiger partial charge in [0.05, 0.1) is 6.61 Å². The summed E-state index contributed by atoms with van der Waals surface area (Å²) >= 11 is 0. The molecule has 1 atom stereocenters. The fourth-order valence-corrected chi connectivity index (χ4v) is 3.44. The number of carbonyl (C=O) groups excluding carboxylic acids is 2. The zero-order valence-electron chi connectivity index (χ0n) is 19.4. The van der Waals surface area contributed by atoms with Crippen LogP contribution in [0, 0.1) is 0 Å². The predicted octanol–water partition coefficient (Wildman–Crippen LogP) is 5.44.